The Kier molecular flexibility index (Phi) is 8.25. The van der Waals surface area contributed by atoms with Crippen molar-refractivity contribution in [2.75, 3.05) is 17.2 Å². The molecule has 1 heterocycles. The number of hydrogen-bond donors (Lipinski definition) is 6. The molecule has 0 aliphatic carbocycles. The highest BCUT2D eigenvalue weighted by atomic mass is 16.4. The molecule has 0 saturated heterocycles. The maximum Gasteiger partial charge on any atom is 0.309 e. The first-order valence-corrected chi connectivity index (χ1v) is 3.92. The molecule has 0 fully saturated rings. The van der Waals surface area contributed by atoms with E-state index in [-0.39, 0.29) is 17.8 Å². The minimum Gasteiger partial charge on any atom is -0.481 e. The Morgan fingerprint density at radius 3 is 1.18 bits per heavy atom. The van der Waals surface area contributed by atoms with Crippen LogP contribution in [0.3, 0.4) is 0 Å². The van der Waals surface area contributed by atoms with Crippen molar-refractivity contribution >= 4 is 29.8 Å². The second kappa shape index (κ2) is 8.46. The third-order valence-corrected chi connectivity index (χ3v) is 0.687. The van der Waals surface area contributed by atoms with E-state index in [1.807, 2.05) is 0 Å². The van der Waals surface area contributed by atoms with Gasteiger partial charge in [0, 0.05) is 6.92 Å². The maximum absolute atomic E-state index is 9.00. The summed E-state index contributed by atoms with van der Waals surface area (Å²) < 4.78 is 0. The van der Waals surface area contributed by atoms with Crippen LogP contribution < -0.4 is 28.7 Å². The first kappa shape index (κ1) is 16.6. The van der Waals surface area contributed by atoms with Gasteiger partial charge in [-0.2, -0.15) is 15.0 Å². The van der Waals surface area contributed by atoms with Gasteiger partial charge in [-0.25, -0.2) is 4.79 Å². The van der Waals surface area contributed by atoms with Gasteiger partial charge in [-0.15, -0.1) is 0 Å². The number of aliphatic carboxylic acids is 1. The van der Waals surface area contributed by atoms with E-state index in [1.165, 1.54) is 0 Å². The molecule has 1 rings (SSSR count). The van der Waals surface area contributed by atoms with Crippen LogP contribution in [0.4, 0.5) is 22.6 Å². The number of carbonyl (C=O) groups is 2. The Bertz CT molecular complexity index is 311. The molecule has 0 aliphatic rings. The zero-order valence-electron chi connectivity index (χ0n) is 8.99. The molecule has 0 aliphatic heterocycles. The molecular weight excluding hydrogens is 232 g/mol. The van der Waals surface area contributed by atoms with Crippen LogP contribution in [0.25, 0.3) is 0 Å². The molecule has 0 bridgehead atoms. The number of hydrogen-bond acceptors (Lipinski definition) is 8. The lowest BCUT2D eigenvalue weighted by atomic mass is 10.9. The number of nitrogens with two attached hydrogens (primary N) is 5. The molecule has 0 saturated carbocycles. The fraction of sp³-hybridized carbons (Fsp3) is 0.167. The minimum absolute atomic E-state index is 0.0417. The Balaban J connectivity index is 0. The molecule has 1 aromatic rings. The summed E-state index contributed by atoms with van der Waals surface area (Å²) in [5, 5.41) is 7.42. The fourth-order valence-electron chi connectivity index (χ4n) is 0.427. The normalized spacial score (nSPS) is 7.82. The van der Waals surface area contributed by atoms with Crippen LogP contribution in [0.15, 0.2) is 0 Å². The van der Waals surface area contributed by atoms with Crippen LogP contribution in [0.1, 0.15) is 6.92 Å². The average Bonchev–Trinajstić information content (AvgIpc) is 1.96. The maximum atomic E-state index is 9.00. The number of carboxylic acids is 1. The van der Waals surface area contributed by atoms with Crippen molar-refractivity contribution in [2.24, 2.45) is 11.5 Å². The first-order chi connectivity index (χ1) is 7.65. The predicted octanol–water partition coefficient (Wildman–Crippen LogP) is -2.27. The van der Waals surface area contributed by atoms with Gasteiger partial charge < -0.3 is 33.8 Å². The third kappa shape index (κ3) is 19.5. The number of carboxylic acid groups (broad SMARTS) is 1. The molecule has 11 heteroatoms. The van der Waals surface area contributed by atoms with Crippen molar-refractivity contribution in [1.82, 2.24) is 15.0 Å². The number of primary amides is 2. The fourth-order valence-corrected chi connectivity index (χ4v) is 0.427. The summed E-state index contributed by atoms with van der Waals surface area (Å²) in [4.78, 5) is 28.5. The van der Waals surface area contributed by atoms with E-state index in [0.29, 0.717) is 0 Å². The van der Waals surface area contributed by atoms with Crippen LogP contribution in [-0.4, -0.2) is 32.1 Å². The summed E-state index contributed by atoms with van der Waals surface area (Å²) in [7, 11) is 0. The molecule has 96 valence electrons. The minimum atomic E-state index is -0.833. The van der Waals surface area contributed by atoms with Gasteiger partial charge in [-0.3, -0.25) is 4.79 Å². The highest BCUT2D eigenvalue weighted by Gasteiger charge is 1.93. The Morgan fingerprint density at radius 1 is 0.941 bits per heavy atom. The van der Waals surface area contributed by atoms with Crippen LogP contribution in [0.2, 0.25) is 0 Å². The lowest BCUT2D eigenvalue weighted by molar-refractivity contribution is -0.134. The lowest BCUT2D eigenvalue weighted by Gasteiger charge is -1.93. The number of urea groups is 1. The monoisotopic (exact) mass is 246 g/mol. The number of amides is 2. The average molecular weight is 246 g/mol. The summed E-state index contributed by atoms with van der Waals surface area (Å²) in [6.07, 6.45) is 0. The second-order valence-electron chi connectivity index (χ2n) is 2.33. The van der Waals surface area contributed by atoms with Gasteiger partial charge in [0.25, 0.3) is 5.97 Å². The quantitative estimate of drug-likeness (QED) is 0.289. The van der Waals surface area contributed by atoms with Crippen molar-refractivity contribution < 1.29 is 14.7 Å². The van der Waals surface area contributed by atoms with E-state index in [2.05, 4.69) is 26.4 Å². The molecular formula is C6H14N8O3. The van der Waals surface area contributed by atoms with Gasteiger partial charge in [0.15, 0.2) is 0 Å². The molecule has 2 amide bonds. The second-order valence-corrected chi connectivity index (χ2v) is 2.33. The number of carbonyl (C=O) groups excluding carboxylic acids is 1. The number of nitrogens with zero attached hydrogens (tertiary/aromatic N) is 3. The van der Waals surface area contributed by atoms with E-state index in [0.717, 1.165) is 6.92 Å². The van der Waals surface area contributed by atoms with Crippen LogP contribution >= 0.6 is 0 Å². The molecule has 0 radical (unpaired) electrons. The van der Waals surface area contributed by atoms with E-state index in [1.54, 1.807) is 0 Å². The number of rotatable bonds is 0. The largest absolute Gasteiger partial charge is 0.481 e. The zero-order chi connectivity index (χ0) is 14.0. The Hall–Kier alpha value is -2.85. The molecule has 17 heavy (non-hydrogen) atoms. The molecule has 1 aromatic heterocycles. The summed E-state index contributed by atoms with van der Waals surface area (Å²) in [6, 6.07) is -0.833. The molecule has 0 aromatic carbocycles. The van der Waals surface area contributed by atoms with Crippen LogP contribution in [-0.2, 0) is 4.79 Å². The van der Waals surface area contributed by atoms with Crippen LogP contribution in [0, 0.1) is 0 Å². The number of nitrogen functional groups attached to an aromatic ring is 3. The van der Waals surface area contributed by atoms with Crippen molar-refractivity contribution in [1.29, 1.82) is 0 Å². The molecule has 11 N–H and O–H groups in total. The first-order valence-electron chi connectivity index (χ1n) is 3.92. The van der Waals surface area contributed by atoms with E-state index in [9.17, 15) is 0 Å². The lowest BCUT2D eigenvalue weighted by Crippen LogP contribution is -2.18. The Morgan fingerprint density at radius 2 is 1.06 bits per heavy atom. The van der Waals surface area contributed by atoms with Gasteiger partial charge in [0.05, 0.1) is 0 Å². The van der Waals surface area contributed by atoms with Crippen molar-refractivity contribution in [2.45, 2.75) is 6.92 Å². The topological polar surface area (TPSA) is 223 Å². The van der Waals surface area contributed by atoms with Crippen molar-refractivity contribution in [3.05, 3.63) is 0 Å². The third-order valence-electron chi connectivity index (χ3n) is 0.687. The highest BCUT2D eigenvalue weighted by molar-refractivity contribution is 5.69. The van der Waals surface area contributed by atoms with Crippen LogP contribution in [0.5, 0.6) is 0 Å². The molecule has 0 atom stereocenters. The standard InChI is InChI=1S/C3H6N6.C2H4O2.CH4N2O/c4-1-7-2(5)9-3(6)8-1;1-2(3)4;2-1(3)4/h(H6,4,5,6,7,8,9);1H3,(H,3,4);(H4,2,3,4). The van der Waals surface area contributed by atoms with Gasteiger partial charge in [0.1, 0.15) is 0 Å². The van der Waals surface area contributed by atoms with Gasteiger partial charge in [-0.05, 0) is 0 Å². The summed E-state index contributed by atoms with van der Waals surface area (Å²) in [5.74, 6) is -0.708. The summed E-state index contributed by atoms with van der Waals surface area (Å²) >= 11 is 0. The van der Waals surface area contributed by atoms with Gasteiger partial charge >= 0.3 is 6.03 Å². The van der Waals surface area contributed by atoms with E-state index >= 15 is 0 Å². The molecule has 11 nitrogen and oxygen atoms in total. The zero-order valence-corrected chi connectivity index (χ0v) is 8.99. The van der Waals surface area contributed by atoms with Gasteiger partial charge in [0.2, 0.25) is 17.8 Å². The van der Waals surface area contributed by atoms with Crippen molar-refractivity contribution in [3.8, 4) is 0 Å². The summed E-state index contributed by atoms with van der Waals surface area (Å²) in [5.41, 5.74) is 23.9. The highest BCUT2D eigenvalue weighted by Crippen LogP contribution is 1.97. The Labute approximate surface area is 96.0 Å². The number of aromatic nitrogens is 3. The SMILES string of the molecule is CC(=O)O.NC(N)=O.Nc1nc(N)nc(N)n1. The van der Waals surface area contributed by atoms with E-state index in [4.69, 9.17) is 31.9 Å². The smallest absolute Gasteiger partial charge is 0.309 e. The van der Waals surface area contributed by atoms with Crippen molar-refractivity contribution in [3.63, 3.8) is 0 Å². The molecule has 0 unspecified atom stereocenters. The number of anilines is 3. The van der Waals surface area contributed by atoms with E-state index < -0.39 is 12.0 Å². The van der Waals surface area contributed by atoms with Gasteiger partial charge in [-0.1, -0.05) is 0 Å². The molecule has 0 spiro atoms. The summed E-state index contributed by atoms with van der Waals surface area (Å²) in [6.45, 7) is 1.08. The predicted molar refractivity (Wildman–Crippen MR) is 60.1 cm³/mol.